The van der Waals surface area contributed by atoms with E-state index < -0.39 is 0 Å². The molecule has 6 rings (SSSR count). The highest BCUT2D eigenvalue weighted by molar-refractivity contribution is 6.32. The molecule has 2 heterocycles. The van der Waals surface area contributed by atoms with E-state index in [4.69, 9.17) is 30.5 Å². The van der Waals surface area contributed by atoms with Gasteiger partial charge in [0.05, 0.1) is 34.2 Å². The summed E-state index contributed by atoms with van der Waals surface area (Å²) in [5.74, 6) is 2.65. The van der Waals surface area contributed by atoms with Crippen LogP contribution in [0, 0.1) is 11.3 Å². The summed E-state index contributed by atoms with van der Waals surface area (Å²) in [6, 6.07) is 24.5. The molecule has 0 radical (unpaired) electrons. The maximum Gasteiger partial charge on any atom is 0.230 e. The lowest BCUT2D eigenvalue weighted by Crippen LogP contribution is -2.18. The number of halogens is 1. The summed E-state index contributed by atoms with van der Waals surface area (Å²) in [5, 5.41) is 22.7. The average Bonchev–Trinajstić information content (AvgIpc) is 3.05. The molecule has 5 aromatic rings. The minimum absolute atomic E-state index is 0.00109. The maximum absolute atomic E-state index is 9.25. The van der Waals surface area contributed by atoms with Gasteiger partial charge in [0.2, 0.25) is 5.88 Å². The second-order valence-corrected chi connectivity index (χ2v) is 10.1. The van der Waals surface area contributed by atoms with Crippen molar-refractivity contribution in [1.29, 1.82) is 5.26 Å². The van der Waals surface area contributed by atoms with Crippen molar-refractivity contribution in [2.24, 2.45) is 0 Å². The number of hydrogen-bond donors (Lipinski definition) is 2. The molecule has 0 fully saturated rings. The lowest BCUT2D eigenvalue weighted by Gasteiger charge is -2.19. The number of hydrogen-bond acceptors (Lipinski definition) is 9. The Bertz CT molecular complexity index is 1820. The predicted molar refractivity (Wildman–Crippen MR) is 162 cm³/mol. The van der Waals surface area contributed by atoms with Crippen molar-refractivity contribution in [2.75, 3.05) is 26.4 Å². The molecular weight excluding hydrogens is 568 g/mol. The number of ether oxygens (including phenoxy) is 4. The fourth-order valence-corrected chi connectivity index (χ4v) is 5.04. The summed E-state index contributed by atoms with van der Waals surface area (Å²) in [6.07, 6.45) is 1.46. The van der Waals surface area contributed by atoms with Crippen molar-refractivity contribution in [3.63, 3.8) is 0 Å². The summed E-state index contributed by atoms with van der Waals surface area (Å²) in [4.78, 5) is 9.00. The molecule has 0 saturated heterocycles. The summed E-state index contributed by atoms with van der Waals surface area (Å²) in [7, 11) is 0. The summed E-state index contributed by atoms with van der Waals surface area (Å²) in [6.45, 7) is 2.10. The summed E-state index contributed by atoms with van der Waals surface area (Å²) in [5.41, 5.74) is 4.71. The molecule has 0 amide bonds. The minimum Gasteiger partial charge on any atom is -0.488 e. The molecule has 0 saturated carbocycles. The number of fused-ring (bicyclic) bond motifs is 2. The van der Waals surface area contributed by atoms with Gasteiger partial charge < -0.3 is 29.4 Å². The van der Waals surface area contributed by atoms with Crippen LogP contribution in [0.5, 0.6) is 28.9 Å². The van der Waals surface area contributed by atoms with Crippen LogP contribution >= 0.6 is 11.6 Å². The van der Waals surface area contributed by atoms with Gasteiger partial charge in [0, 0.05) is 30.3 Å². The van der Waals surface area contributed by atoms with Crippen LogP contribution < -0.4 is 24.3 Å². The molecule has 0 atom stereocenters. The fourth-order valence-electron chi connectivity index (χ4n) is 4.81. The van der Waals surface area contributed by atoms with E-state index in [1.54, 1.807) is 24.3 Å². The second-order valence-electron chi connectivity index (χ2n) is 9.73. The van der Waals surface area contributed by atoms with Crippen molar-refractivity contribution in [2.45, 2.75) is 13.2 Å². The zero-order valence-corrected chi connectivity index (χ0v) is 23.8. The Hall–Kier alpha value is -4.88. The van der Waals surface area contributed by atoms with Crippen LogP contribution in [0.4, 0.5) is 0 Å². The number of aromatic nitrogens is 2. The third-order valence-electron chi connectivity index (χ3n) is 6.86. The molecule has 0 spiro atoms. The van der Waals surface area contributed by atoms with Crippen molar-refractivity contribution < 1.29 is 24.1 Å². The number of aliphatic hydroxyl groups excluding tert-OH is 1. The number of benzene rings is 4. The van der Waals surface area contributed by atoms with Gasteiger partial charge in [-0.25, -0.2) is 9.97 Å². The molecule has 0 unspecified atom stereocenters. The van der Waals surface area contributed by atoms with Crippen LogP contribution in [0.1, 0.15) is 16.7 Å². The standard InChI is InChI=1S/C33H27ClN4O5/c34-27-14-24(18-36-9-10-39)29(42-19-22-4-1-3-21(13-22)17-35)16-30(27)43-33-26-6-2-5-25(32(26)37-20-38-33)23-7-8-28-31(15-23)41-12-11-40-28/h1-8,13-16,20,36,39H,9-12,18-19H2. The molecule has 0 bridgehead atoms. The van der Waals surface area contributed by atoms with Gasteiger partial charge in [0.1, 0.15) is 31.9 Å². The zero-order valence-electron chi connectivity index (χ0n) is 23.0. The van der Waals surface area contributed by atoms with E-state index >= 15 is 0 Å². The van der Waals surface area contributed by atoms with E-state index in [0.717, 1.165) is 22.3 Å². The number of nitriles is 1. The Morgan fingerprint density at radius 3 is 2.67 bits per heavy atom. The van der Waals surface area contributed by atoms with Crippen LogP contribution in [0.3, 0.4) is 0 Å². The van der Waals surface area contributed by atoms with Crippen LogP contribution in [0.15, 0.2) is 79.1 Å². The Morgan fingerprint density at radius 1 is 0.953 bits per heavy atom. The first-order valence-electron chi connectivity index (χ1n) is 13.7. The van der Waals surface area contributed by atoms with E-state index in [0.29, 0.717) is 76.7 Å². The second kappa shape index (κ2) is 13.0. The maximum atomic E-state index is 9.25. The van der Waals surface area contributed by atoms with Crippen molar-refractivity contribution in [3.05, 3.63) is 101 Å². The Morgan fingerprint density at radius 2 is 1.81 bits per heavy atom. The van der Waals surface area contributed by atoms with Crippen molar-refractivity contribution in [1.82, 2.24) is 15.3 Å². The first kappa shape index (κ1) is 28.2. The zero-order chi connectivity index (χ0) is 29.6. The highest BCUT2D eigenvalue weighted by Crippen LogP contribution is 2.40. The number of aliphatic hydroxyl groups is 1. The van der Waals surface area contributed by atoms with E-state index in [1.165, 1.54) is 6.33 Å². The highest BCUT2D eigenvalue weighted by atomic mass is 35.5. The first-order valence-corrected chi connectivity index (χ1v) is 14.1. The largest absolute Gasteiger partial charge is 0.488 e. The number of nitrogens with one attached hydrogen (secondary N) is 1. The SMILES string of the molecule is N#Cc1cccc(COc2cc(Oc3ncnc4c(-c5ccc6c(c5)OCCO6)cccc34)c(Cl)cc2CNCCO)c1. The molecule has 0 aliphatic carbocycles. The van der Waals surface area contributed by atoms with Gasteiger partial charge in [-0.15, -0.1) is 0 Å². The van der Waals surface area contributed by atoms with E-state index in [9.17, 15) is 10.4 Å². The van der Waals surface area contributed by atoms with E-state index in [-0.39, 0.29) is 13.2 Å². The summed E-state index contributed by atoms with van der Waals surface area (Å²) < 4.78 is 24.0. The fraction of sp³-hybridized carbons (Fsp3) is 0.182. The lowest BCUT2D eigenvalue weighted by molar-refractivity contribution is 0.171. The lowest BCUT2D eigenvalue weighted by atomic mass is 10.0. The van der Waals surface area contributed by atoms with Gasteiger partial charge in [-0.3, -0.25) is 0 Å². The number of rotatable bonds is 10. The van der Waals surface area contributed by atoms with Gasteiger partial charge >= 0.3 is 0 Å². The normalized spacial score (nSPS) is 12.1. The highest BCUT2D eigenvalue weighted by Gasteiger charge is 2.18. The molecule has 2 N–H and O–H groups in total. The molecular formula is C33H27ClN4O5. The quantitative estimate of drug-likeness (QED) is 0.186. The van der Waals surface area contributed by atoms with Gasteiger partial charge in [-0.1, -0.05) is 41.9 Å². The van der Waals surface area contributed by atoms with E-state index in [1.807, 2.05) is 48.5 Å². The van der Waals surface area contributed by atoms with Gasteiger partial charge in [0.15, 0.2) is 17.2 Å². The van der Waals surface area contributed by atoms with Crippen LogP contribution in [-0.4, -0.2) is 41.4 Å². The number of nitrogens with zero attached hydrogens (tertiary/aromatic N) is 3. The Kier molecular flexibility index (Phi) is 8.52. The smallest absolute Gasteiger partial charge is 0.230 e. The Balaban J connectivity index is 1.32. The molecule has 43 heavy (non-hydrogen) atoms. The predicted octanol–water partition coefficient (Wildman–Crippen LogP) is 6.05. The monoisotopic (exact) mass is 594 g/mol. The third-order valence-corrected chi connectivity index (χ3v) is 7.15. The minimum atomic E-state index is 0.00109. The molecule has 9 nitrogen and oxygen atoms in total. The van der Waals surface area contributed by atoms with Crippen LogP contribution in [0.2, 0.25) is 5.02 Å². The van der Waals surface area contributed by atoms with Crippen molar-refractivity contribution in [3.8, 4) is 46.1 Å². The van der Waals surface area contributed by atoms with Crippen molar-refractivity contribution >= 4 is 22.5 Å². The van der Waals surface area contributed by atoms with Gasteiger partial charge in [-0.05, 0) is 47.5 Å². The average molecular weight is 595 g/mol. The molecule has 10 heteroatoms. The molecule has 1 aliphatic heterocycles. The van der Waals surface area contributed by atoms with Crippen LogP contribution in [-0.2, 0) is 13.2 Å². The topological polar surface area (TPSA) is 119 Å². The third kappa shape index (κ3) is 6.32. The number of para-hydroxylation sites is 1. The Labute approximate surface area is 253 Å². The van der Waals surface area contributed by atoms with Gasteiger partial charge in [0.25, 0.3) is 0 Å². The van der Waals surface area contributed by atoms with Crippen LogP contribution in [0.25, 0.3) is 22.0 Å². The molecule has 216 valence electrons. The molecule has 1 aromatic heterocycles. The molecule has 1 aliphatic rings. The summed E-state index contributed by atoms with van der Waals surface area (Å²) >= 11 is 6.70. The first-order chi connectivity index (χ1) is 21.1. The van der Waals surface area contributed by atoms with E-state index in [2.05, 4.69) is 21.4 Å². The molecule has 4 aromatic carbocycles. The van der Waals surface area contributed by atoms with Gasteiger partial charge in [-0.2, -0.15) is 5.26 Å².